The maximum atomic E-state index is 12.4. The van der Waals surface area contributed by atoms with Crippen molar-refractivity contribution in [3.8, 4) is 17.2 Å². The predicted molar refractivity (Wildman–Crippen MR) is 86.2 cm³/mol. The summed E-state index contributed by atoms with van der Waals surface area (Å²) in [5.74, 6) is 0.620. The predicted octanol–water partition coefficient (Wildman–Crippen LogP) is 3.54. The first-order valence-electron chi connectivity index (χ1n) is 6.30. The van der Waals surface area contributed by atoms with E-state index < -0.39 is 10.1 Å². The quantitative estimate of drug-likeness (QED) is 0.735. The molecule has 22 heavy (non-hydrogen) atoms. The fourth-order valence-corrected chi connectivity index (χ4v) is 3.27. The largest absolute Gasteiger partial charge is 0.493 e. The Balaban J connectivity index is 2.47. The minimum atomic E-state index is -3.98. The zero-order valence-electron chi connectivity index (χ0n) is 12.3. The summed E-state index contributed by atoms with van der Waals surface area (Å²) in [4.78, 5) is 0.0647. The van der Waals surface area contributed by atoms with Crippen LogP contribution in [0.3, 0.4) is 0 Å². The van der Waals surface area contributed by atoms with Crippen molar-refractivity contribution in [3.05, 3.63) is 46.4 Å². The van der Waals surface area contributed by atoms with Crippen molar-refractivity contribution in [2.24, 2.45) is 0 Å². The monoisotopic (exact) mass is 386 g/mol. The Hall–Kier alpha value is -1.73. The molecular formula is C15H15BrO5S. The molecule has 0 aliphatic carbocycles. The van der Waals surface area contributed by atoms with Gasteiger partial charge in [0, 0.05) is 0 Å². The summed E-state index contributed by atoms with van der Waals surface area (Å²) >= 11 is 3.26. The number of halogens is 1. The van der Waals surface area contributed by atoms with Crippen LogP contribution in [0.4, 0.5) is 0 Å². The SMILES string of the molecule is COc1ccc(Br)c(OS(=O)(=O)c2ccc(C)cc2)c1OC. The van der Waals surface area contributed by atoms with Gasteiger partial charge < -0.3 is 13.7 Å². The van der Waals surface area contributed by atoms with E-state index in [0.29, 0.717) is 10.2 Å². The Kier molecular flexibility index (Phi) is 4.97. The van der Waals surface area contributed by atoms with Gasteiger partial charge in [0.1, 0.15) is 4.90 Å². The van der Waals surface area contributed by atoms with E-state index >= 15 is 0 Å². The molecule has 0 bridgehead atoms. The summed E-state index contributed by atoms with van der Waals surface area (Å²) in [6, 6.07) is 9.66. The van der Waals surface area contributed by atoms with Gasteiger partial charge in [-0.05, 0) is 47.1 Å². The zero-order valence-corrected chi connectivity index (χ0v) is 14.7. The Morgan fingerprint density at radius 3 is 2.09 bits per heavy atom. The fraction of sp³-hybridized carbons (Fsp3) is 0.200. The standard InChI is InChI=1S/C15H15BrO5S/c1-10-4-6-11(7-5-10)22(17,18)21-14-12(16)8-9-13(19-2)15(14)20-3/h4-9H,1-3H3. The lowest BCUT2D eigenvalue weighted by atomic mass is 10.2. The minimum absolute atomic E-state index is 0.0439. The van der Waals surface area contributed by atoms with E-state index in [2.05, 4.69) is 15.9 Å². The molecule has 2 aromatic carbocycles. The molecule has 0 spiro atoms. The molecular weight excluding hydrogens is 372 g/mol. The van der Waals surface area contributed by atoms with Crippen molar-refractivity contribution in [1.29, 1.82) is 0 Å². The fourth-order valence-electron chi connectivity index (χ4n) is 1.82. The smallest absolute Gasteiger partial charge is 0.339 e. The number of hydrogen-bond donors (Lipinski definition) is 0. The topological polar surface area (TPSA) is 61.8 Å². The van der Waals surface area contributed by atoms with Gasteiger partial charge in [0.25, 0.3) is 0 Å². The Labute approximate surface area is 138 Å². The summed E-state index contributed by atoms with van der Waals surface area (Å²) in [7, 11) is -1.10. The second-order valence-corrected chi connectivity index (χ2v) is 6.86. The molecule has 0 aliphatic rings. The summed E-state index contributed by atoms with van der Waals surface area (Å²) in [6.07, 6.45) is 0. The number of aryl methyl sites for hydroxylation is 1. The van der Waals surface area contributed by atoms with E-state index in [1.54, 1.807) is 24.3 Å². The summed E-state index contributed by atoms with van der Waals surface area (Å²) < 4.78 is 40.8. The van der Waals surface area contributed by atoms with Crippen molar-refractivity contribution < 1.29 is 22.1 Å². The van der Waals surface area contributed by atoms with Crippen molar-refractivity contribution in [2.45, 2.75) is 11.8 Å². The number of benzene rings is 2. The molecule has 0 saturated carbocycles. The highest BCUT2D eigenvalue weighted by molar-refractivity contribution is 9.10. The van der Waals surface area contributed by atoms with E-state index in [9.17, 15) is 8.42 Å². The van der Waals surface area contributed by atoms with Crippen molar-refractivity contribution in [1.82, 2.24) is 0 Å². The van der Waals surface area contributed by atoms with E-state index in [1.807, 2.05) is 6.92 Å². The Morgan fingerprint density at radius 2 is 1.55 bits per heavy atom. The van der Waals surface area contributed by atoms with Gasteiger partial charge in [-0.3, -0.25) is 0 Å². The summed E-state index contributed by atoms with van der Waals surface area (Å²) in [5, 5.41) is 0. The van der Waals surface area contributed by atoms with Crippen LogP contribution in [0.25, 0.3) is 0 Å². The zero-order chi connectivity index (χ0) is 16.3. The molecule has 0 fully saturated rings. The molecule has 118 valence electrons. The molecule has 2 rings (SSSR count). The number of ether oxygens (including phenoxy) is 2. The summed E-state index contributed by atoms with van der Waals surface area (Å²) in [5.41, 5.74) is 0.957. The molecule has 0 amide bonds. The Bertz CT molecular complexity index is 769. The average molecular weight is 387 g/mol. The molecule has 0 radical (unpaired) electrons. The lowest BCUT2D eigenvalue weighted by Crippen LogP contribution is -2.11. The second-order valence-electron chi connectivity index (χ2n) is 4.46. The molecule has 2 aromatic rings. The summed E-state index contributed by atoms with van der Waals surface area (Å²) in [6.45, 7) is 1.87. The molecule has 0 N–H and O–H groups in total. The maximum Gasteiger partial charge on any atom is 0.339 e. The van der Waals surface area contributed by atoms with Gasteiger partial charge in [0.15, 0.2) is 5.75 Å². The molecule has 0 atom stereocenters. The third kappa shape index (κ3) is 3.36. The van der Waals surface area contributed by atoms with Gasteiger partial charge in [-0.15, -0.1) is 0 Å². The van der Waals surface area contributed by atoms with Crippen molar-refractivity contribution in [2.75, 3.05) is 14.2 Å². The molecule has 7 heteroatoms. The van der Waals surface area contributed by atoms with Crippen LogP contribution in [0.2, 0.25) is 0 Å². The van der Waals surface area contributed by atoms with E-state index in [4.69, 9.17) is 13.7 Å². The number of rotatable bonds is 5. The number of methoxy groups -OCH3 is 2. The highest BCUT2D eigenvalue weighted by Gasteiger charge is 2.23. The lowest BCUT2D eigenvalue weighted by molar-refractivity contribution is 0.342. The van der Waals surface area contributed by atoms with Crippen LogP contribution in [-0.2, 0) is 10.1 Å². The van der Waals surface area contributed by atoms with Gasteiger partial charge in [-0.25, -0.2) is 0 Å². The average Bonchev–Trinajstić information content (AvgIpc) is 2.49. The third-order valence-electron chi connectivity index (χ3n) is 2.95. The van der Waals surface area contributed by atoms with Gasteiger partial charge in [0.05, 0.1) is 18.7 Å². The molecule has 0 heterocycles. The second kappa shape index (κ2) is 6.58. The van der Waals surface area contributed by atoms with Crippen LogP contribution in [-0.4, -0.2) is 22.6 Å². The van der Waals surface area contributed by atoms with Crippen molar-refractivity contribution >= 4 is 26.0 Å². The van der Waals surface area contributed by atoms with E-state index in [-0.39, 0.29) is 16.4 Å². The van der Waals surface area contributed by atoms with Crippen LogP contribution in [0, 0.1) is 6.92 Å². The van der Waals surface area contributed by atoms with Crippen LogP contribution in [0.5, 0.6) is 17.2 Å². The van der Waals surface area contributed by atoms with Crippen LogP contribution < -0.4 is 13.7 Å². The van der Waals surface area contributed by atoms with Crippen LogP contribution in [0.15, 0.2) is 45.8 Å². The van der Waals surface area contributed by atoms with Gasteiger partial charge in [-0.2, -0.15) is 8.42 Å². The molecule has 0 unspecified atom stereocenters. The number of hydrogen-bond acceptors (Lipinski definition) is 5. The molecule has 0 saturated heterocycles. The maximum absolute atomic E-state index is 12.4. The normalized spacial score (nSPS) is 11.1. The minimum Gasteiger partial charge on any atom is -0.493 e. The Morgan fingerprint density at radius 1 is 0.909 bits per heavy atom. The van der Waals surface area contributed by atoms with Crippen molar-refractivity contribution in [3.63, 3.8) is 0 Å². The van der Waals surface area contributed by atoms with Gasteiger partial charge in [0.2, 0.25) is 11.5 Å². The first-order chi connectivity index (χ1) is 10.4. The van der Waals surface area contributed by atoms with E-state index in [0.717, 1.165) is 5.56 Å². The molecule has 0 aliphatic heterocycles. The highest BCUT2D eigenvalue weighted by Crippen LogP contribution is 2.43. The van der Waals surface area contributed by atoms with Crippen LogP contribution in [0.1, 0.15) is 5.56 Å². The van der Waals surface area contributed by atoms with E-state index in [1.165, 1.54) is 26.4 Å². The van der Waals surface area contributed by atoms with Gasteiger partial charge >= 0.3 is 10.1 Å². The molecule has 5 nitrogen and oxygen atoms in total. The first kappa shape index (κ1) is 16.6. The van der Waals surface area contributed by atoms with Gasteiger partial charge in [-0.1, -0.05) is 17.7 Å². The lowest BCUT2D eigenvalue weighted by Gasteiger charge is -2.15. The first-order valence-corrected chi connectivity index (χ1v) is 8.51. The van der Waals surface area contributed by atoms with Crippen LogP contribution >= 0.6 is 15.9 Å². The molecule has 0 aromatic heterocycles. The third-order valence-corrected chi connectivity index (χ3v) is 4.81. The highest BCUT2D eigenvalue weighted by atomic mass is 79.9.